The van der Waals surface area contributed by atoms with Gasteiger partial charge >= 0.3 is 5.97 Å². The number of amides is 3. The van der Waals surface area contributed by atoms with Gasteiger partial charge in [-0.15, -0.1) is 44.2 Å². The molecule has 18 heteroatoms. The number of aliphatic hydroxyl groups excluding tert-OH is 1. The fraction of sp³-hybridized carbons (Fsp3) is 0.340. The number of aliphatic carboxylic acids is 1. The molecule has 0 spiro atoms. The number of aliphatic hydroxyl groups is 1. The largest absolute Gasteiger partial charge is 0.481 e. The number of hydrogen-bond acceptors (Lipinski definition) is 13. The van der Waals surface area contributed by atoms with Crippen molar-refractivity contribution in [3.63, 3.8) is 0 Å². The van der Waals surface area contributed by atoms with Gasteiger partial charge in [-0.25, -0.2) is 9.97 Å². The molecular weight excluding hydrogens is 919 g/mol. The molecule has 68 heavy (non-hydrogen) atoms. The van der Waals surface area contributed by atoms with E-state index in [0.29, 0.717) is 22.9 Å². The van der Waals surface area contributed by atoms with Crippen LogP contribution in [0.15, 0.2) is 77.2 Å². The van der Waals surface area contributed by atoms with Crippen LogP contribution in [0.2, 0.25) is 0 Å². The van der Waals surface area contributed by atoms with E-state index in [4.69, 9.17) is 4.99 Å². The summed E-state index contributed by atoms with van der Waals surface area (Å²) < 4.78 is 2.71. The second-order valence-corrected chi connectivity index (χ2v) is 21.7. The number of carbonyl (C=O) groups is 4. The number of carbonyl (C=O) groups excluding carboxylic acids is 3. The SMILES string of the molecule is Cc1ncsc1-c1ccc(C(C)NC(=O)[C@@H]2C[C@@H](O)CN2C(=O)C(NC(=O)c2nc3ccc(-c4ccc(C5=N[C@@H](CC(=O)O)c6nnc(C)n6-c6sc(C)c(C)c65)cc4)cc3s2)C(C)(C)C)cc1. The zero-order valence-corrected chi connectivity index (χ0v) is 41.3. The van der Waals surface area contributed by atoms with Crippen molar-refractivity contribution in [2.75, 3.05) is 6.54 Å². The minimum Gasteiger partial charge on any atom is -0.481 e. The Morgan fingerprint density at radius 2 is 1.57 bits per heavy atom. The molecule has 1 saturated heterocycles. The van der Waals surface area contributed by atoms with Gasteiger partial charge in [0, 0.05) is 29.0 Å². The number of β-amino-alcohol motifs (C(OH)–C–C–N with tert-alkyl or cyclic N) is 1. The zero-order valence-electron chi connectivity index (χ0n) is 38.8. The van der Waals surface area contributed by atoms with E-state index < -0.39 is 47.4 Å². The standard InChI is InChI=1S/C50H51N9O6S3/c1-24-27(4)67-49-40(24)41(53-36(21-39(61)62)44-57-56-28(5)59(44)49)31-13-11-30(12-14-31)33-17-18-35-38(19-33)68-47(54-35)46(64)55-43(50(6,7)8)48(65)58-22-34(60)20-37(58)45(63)52-25(2)29-9-15-32(16-10-29)42-26(3)51-23-66-42/h9-19,23,25,34,36-37,43,60H,20-22H2,1-8H3,(H,52,63)(H,55,64)(H,61,62)/t25?,34-,36+,37+,43?/m1/s1. The number of hydrogen-bond donors (Lipinski definition) is 4. The summed E-state index contributed by atoms with van der Waals surface area (Å²) in [5.74, 6) is -1.19. The summed E-state index contributed by atoms with van der Waals surface area (Å²) in [6.45, 7) is 15.3. The number of fused-ring (bicyclic) bond motifs is 4. The minimum absolute atomic E-state index is 0.0431. The molecule has 0 saturated carbocycles. The molecule has 5 atom stereocenters. The molecule has 6 heterocycles. The third-order valence-corrected chi connectivity index (χ3v) is 15.9. The topological polar surface area (TPSA) is 205 Å². The molecule has 2 aliphatic rings. The number of likely N-dealkylation sites (tertiary alicyclic amines) is 1. The van der Waals surface area contributed by atoms with Crippen LogP contribution in [0.25, 0.3) is 36.8 Å². The van der Waals surface area contributed by atoms with Crippen LogP contribution in [0.3, 0.4) is 0 Å². The molecular formula is C50H51N9O6S3. The van der Waals surface area contributed by atoms with Gasteiger partial charge in [0.15, 0.2) is 10.8 Å². The summed E-state index contributed by atoms with van der Waals surface area (Å²) in [7, 11) is 0. The highest BCUT2D eigenvalue weighted by Gasteiger charge is 2.45. The Morgan fingerprint density at radius 1 is 0.882 bits per heavy atom. The predicted octanol–water partition coefficient (Wildman–Crippen LogP) is 8.31. The lowest BCUT2D eigenvalue weighted by Gasteiger charge is -2.35. The molecule has 2 unspecified atom stereocenters. The molecule has 7 aromatic rings. The molecule has 15 nitrogen and oxygen atoms in total. The van der Waals surface area contributed by atoms with E-state index in [1.165, 1.54) is 16.2 Å². The predicted molar refractivity (Wildman–Crippen MR) is 265 cm³/mol. The number of rotatable bonds is 11. The molecule has 9 rings (SSSR count). The van der Waals surface area contributed by atoms with Gasteiger partial charge in [-0.3, -0.25) is 28.7 Å². The van der Waals surface area contributed by atoms with Crippen molar-refractivity contribution in [2.45, 2.75) is 98.5 Å². The summed E-state index contributed by atoms with van der Waals surface area (Å²) in [5.41, 5.74) is 9.89. The number of thiophene rings is 1. The van der Waals surface area contributed by atoms with Crippen molar-refractivity contribution < 1.29 is 29.4 Å². The highest BCUT2D eigenvalue weighted by atomic mass is 32.1. The maximum atomic E-state index is 14.4. The fourth-order valence-corrected chi connectivity index (χ4v) is 11.9. The Kier molecular flexibility index (Phi) is 12.5. The first-order chi connectivity index (χ1) is 32.4. The van der Waals surface area contributed by atoms with Crippen molar-refractivity contribution in [1.82, 2.24) is 40.3 Å². The van der Waals surface area contributed by atoms with E-state index in [9.17, 15) is 29.4 Å². The number of benzene rings is 3. The summed E-state index contributed by atoms with van der Waals surface area (Å²) in [4.78, 5) is 71.9. The summed E-state index contributed by atoms with van der Waals surface area (Å²) >= 11 is 4.39. The lowest BCUT2D eigenvalue weighted by atomic mass is 9.85. The number of carboxylic acid groups (broad SMARTS) is 1. The van der Waals surface area contributed by atoms with Gasteiger partial charge in [0.2, 0.25) is 11.8 Å². The molecule has 0 aliphatic carbocycles. The second-order valence-electron chi connectivity index (χ2n) is 18.6. The van der Waals surface area contributed by atoms with Crippen molar-refractivity contribution in [3.05, 3.63) is 122 Å². The van der Waals surface area contributed by atoms with Crippen LogP contribution in [0.4, 0.5) is 0 Å². The maximum absolute atomic E-state index is 14.4. The highest BCUT2D eigenvalue weighted by molar-refractivity contribution is 7.20. The van der Waals surface area contributed by atoms with E-state index in [2.05, 4.69) is 44.6 Å². The third-order valence-electron chi connectivity index (χ3n) is 12.7. The van der Waals surface area contributed by atoms with Gasteiger partial charge in [0.25, 0.3) is 5.91 Å². The first-order valence-corrected chi connectivity index (χ1v) is 24.8. The van der Waals surface area contributed by atoms with Gasteiger partial charge in [-0.1, -0.05) is 75.4 Å². The Hall–Kier alpha value is -6.47. The van der Waals surface area contributed by atoms with Gasteiger partial charge in [0.05, 0.1) is 50.6 Å². The first-order valence-electron chi connectivity index (χ1n) is 22.3. The van der Waals surface area contributed by atoms with Crippen molar-refractivity contribution in [2.24, 2.45) is 10.4 Å². The van der Waals surface area contributed by atoms with E-state index in [1.54, 1.807) is 22.7 Å². The van der Waals surface area contributed by atoms with Crippen LogP contribution < -0.4 is 10.6 Å². The normalized spacial score (nSPS) is 17.8. The third kappa shape index (κ3) is 8.88. The van der Waals surface area contributed by atoms with Gasteiger partial charge in [-0.05, 0) is 80.0 Å². The summed E-state index contributed by atoms with van der Waals surface area (Å²) in [6, 6.07) is 18.6. The van der Waals surface area contributed by atoms with Gasteiger partial charge in [-0.2, -0.15) is 0 Å². The lowest BCUT2D eigenvalue weighted by Crippen LogP contribution is -2.57. The van der Waals surface area contributed by atoms with Crippen molar-refractivity contribution in [1.29, 1.82) is 0 Å². The molecule has 350 valence electrons. The molecule has 2 aliphatic heterocycles. The summed E-state index contributed by atoms with van der Waals surface area (Å²) in [5, 5.41) is 36.4. The molecule has 3 aromatic carbocycles. The number of nitrogens with one attached hydrogen (secondary N) is 2. The molecule has 4 N–H and O–H groups in total. The number of nitrogens with zero attached hydrogens (tertiary/aromatic N) is 7. The van der Waals surface area contributed by atoms with Gasteiger partial charge in [0.1, 0.15) is 29.0 Å². The number of carboxylic acids is 1. The van der Waals surface area contributed by atoms with E-state index in [-0.39, 0.29) is 36.3 Å². The van der Waals surface area contributed by atoms with E-state index >= 15 is 0 Å². The highest BCUT2D eigenvalue weighted by Crippen LogP contribution is 2.40. The molecule has 0 radical (unpaired) electrons. The van der Waals surface area contributed by atoms with Gasteiger partial charge < -0.3 is 25.7 Å². The van der Waals surface area contributed by atoms with Crippen LogP contribution in [-0.2, 0) is 14.4 Å². The van der Waals surface area contributed by atoms with Crippen LogP contribution in [-0.4, -0.2) is 94.0 Å². The Morgan fingerprint density at radius 3 is 2.25 bits per heavy atom. The van der Waals surface area contributed by atoms with Crippen LogP contribution >= 0.6 is 34.0 Å². The van der Waals surface area contributed by atoms with E-state index in [0.717, 1.165) is 64.1 Å². The molecule has 1 fully saturated rings. The number of aromatic nitrogens is 5. The number of aryl methyl sites for hydroxylation is 3. The maximum Gasteiger partial charge on any atom is 0.306 e. The lowest BCUT2D eigenvalue weighted by molar-refractivity contribution is -0.142. The summed E-state index contributed by atoms with van der Waals surface area (Å²) in [6.07, 6.45) is -1.07. The van der Waals surface area contributed by atoms with E-state index in [1.807, 2.05) is 118 Å². The molecule has 3 amide bonds. The molecule has 4 aromatic heterocycles. The Labute approximate surface area is 405 Å². The average molecular weight is 970 g/mol. The monoisotopic (exact) mass is 969 g/mol. The quantitative estimate of drug-likeness (QED) is 0.0976. The van der Waals surface area contributed by atoms with Crippen LogP contribution in [0.5, 0.6) is 0 Å². The number of aliphatic imine (C=N–C) groups is 1. The minimum atomic E-state index is -1.03. The van der Waals surface area contributed by atoms with Crippen molar-refractivity contribution in [3.8, 4) is 26.6 Å². The molecule has 0 bridgehead atoms. The Bertz CT molecular complexity index is 3140. The van der Waals surface area contributed by atoms with Crippen molar-refractivity contribution >= 4 is 73.6 Å². The second kappa shape index (κ2) is 18.2. The zero-order chi connectivity index (χ0) is 48.3. The Balaban J connectivity index is 0.912. The fourth-order valence-electron chi connectivity index (χ4n) is 8.92. The average Bonchev–Trinajstić information content (AvgIpc) is 4.14. The number of thiazole rings is 2. The first kappa shape index (κ1) is 46.6. The van der Waals surface area contributed by atoms with Crippen LogP contribution in [0.1, 0.15) is 107 Å². The smallest absolute Gasteiger partial charge is 0.306 e. The van der Waals surface area contributed by atoms with Crippen LogP contribution in [0, 0.1) is 33.1 Å².